The normalized spacial score (nSPS) is 11.7. The van der Waals surface area contributed by atoms with Gasteiger partial charge in [-0.3, -0.25) is 10.1 Å². The van der Waals surface area contributed by atoms with Crippen LogP contribution in [0.3, 0.4) is 0 Å². The molecule has 2 aromatic carbocycles. The first-order valence-electron chi connectivity index (χ1n) is 13.2. The molecule has 4 aromatic rings. The molecular weight excluding hydrogens is 558 g/mol. The molecule has 14 nitrogen and oxygen atoms in total. The SMILES string of the molecule is COc1cc2c(Nc3cnc(NC(=O)c4ccccc4)nc3)ncnc2cc1OCC[C@H](NC(=O)OC(C)(C)C)C(=O)O. The molecule has 4 N–H and O–H groups in total. The number of hydrogen-bond donors (Lipinski definition) is 4. The molecule has 0 saturated heterocycles. The Morgan fingerprint density at radius 1 is 0.977 bits per heavy atom. The number of benzene rings is 2. The number of hydrogen-bond acceptors (Lipinski definition) is 11. The lowest BCUT2D eigenvalue weighted by atomic mass is 10.2. The van der Waals surface area contributed by atoms with E-state index in [4.69, 9.17) is 14.2 Å². The van der Waals surface area contributed by atoms with Crippen LogP contribution in [-0.4, -0.2) is 68.4 Å². The number of nitrogens with one attached hydrogen (secondary N) is 3. The summed E-state index contributed by atoms with van der Waals surface area (Å²) in [4.78, 5) is 53.0. The summed E-state index contributed by atoms with van der Waals surface area (Å²) in [5.41, 5.74) is 0.739. The fraction of sp³-hybridized carbons (Fsp3) is 0.276. The molecule has 0 aliphatic carbocycles. The molecule has 2 amide bonds. The van der Waals surface area contributed by atoms with Crippen molar-refractivity contribution < 1.29 is 33.7 Å². The molecule has 43 heavy (non-hydrogen) atoms. The Bertz CT molecular complexity index is 1590. The molecule has 0 unspecified atom stereocenters. The molecule has 0 fully saturated rings. The van der Waals surface area contributed by atoms with E-state index in [9.17, 15) is 19.5 Å². The Morgan fingerprint density at radius 3 is 2.35 bits per heavy atom. The minimum atomic E-state index is -1.22. The van der Waals surface area contributed by atoms with Crippen molar-refractivity contribution >= 4 is 46.3 Å². The van der Waals surface area contributed by atoms with Gasteiger partial charge in [0.05, 0.1) is 37.3 Å². The van der Waals surface area contributed by atoms with Gasteiger partial charge in [0.2, 0.25) is 5.95 Å². The molecule has 2 aromatic heterocycles. The number of alkyl carbamates (subject to hydrolysis) is 1. The van der Waals surface area contributed by atoms with E-state index in [1.54, 1.807) is 57.2 Å². The highest BCUT2D eigenvalue weighted by atomic mass is 16.6. The number of aliphatic carboxylic acids is 1. The monoisotopic (exact) mass is 589 g/mol. The van der Waals surface area contributed by atoms with Crippen molar-refractivity contribution in [1.29, 1.82) is 0 Å². The summed E-state index contributed by atoms with van der Waals surface area (Å²) in [5.74, 6) is -0.297. The zero-order valence-electron chi connectivity index (χ0n) is 24.0. The minimum Gasteiger partial charge on any atom is -0.493 e. The maximum Gasteiger partial charge on any atom is 0.408 e. The third-order valence-corrected chi connectivity index (χ3v) is 5.75. The average Bonchev–Trinajstić information content (AvgIpc) is 2.97. The second-order valence-corrected chi connectivity index (χ2v) is 10.2. The molecule has 224 valence electrons. The average molecular weight is 590 g/mol. The second kappa shape index (κ2) is 13.4. The Balaban J connectivity index is 1.43. The van der Waals surface area contributed by atoms with Crippen LogP contribution in [0.25, 0.3) is 10.9 Å². The van der Waals surface area contributed by atoms with Crippen LogP contribution in [0.15, 0.2) is 61.2 Å². The van der Waals surface area contributed by atoms with Gasteiger partial charge in [-0.1, -0.05) is 18.2 Å². The van der Waals surface area contributed by atoms with Gasteiger partial charge < -0.3 is 30.0 Å². The van der Waals surface area contributed by atoms with Crippen LogP contribution < -0.4 is 25.4 Å². The Kier molecular flexibility index (Phi) is 9.50. The standard InChI is InChI=1S/C29H31N7O7/c1-29(2,3)43-28(40)35-20(26(38)39)10-11-42-23-13-21-19(12-22(23)41-4)24(33-16-32-21)34-18-14-30-27(31-15-18)36-25(37)17-8-6-5-7-9-17/h5-9,12-16,20H,10-11H2,1-4H3,(H,35,40)(H,38,39)(H,32,33,34)(H,30,31,36,37)/t20-/m0/s1. The Hall–Kier alpha value is -5.53. The number of rotatable bonds is 11. The highest BCUT2D eigenvalue weighted by Gasteiger charge is 2.24. The molecule has 0 saturated carbocycles. The van der Waals surface area contributed by atoms with E-state index in [1.165, 1.54) is 25.8 Å². The second-order valence-electron chi connectivity index (χ2n) is 10.2. The number of carbonyl (C=O) groups is 3. The third-order valence-electron chi connectivity index (χ3n) is 5.75. The summed E-state index contributed by atoms with van der Waals surface area (Å²) < 4.78 is 16.5. The molecule has 0 bridgehead atoms. The summed E-state index contributed by atoms with van der Waals surface area (Å²) in [6.45, 7) is 5.00. The minimum absolute atomic E-state index is 0.0336. The van der Waals surface area contributed by atoms with Crippen molar-refractivity contribution in [2.75, 3.05) is 24.4 Å². The van der Waals surface area contributed by atoms with Crippen molar-refractivity contribution in [2.24, 2.45) is 0 Å². The van der Waals surface area contributed by atoms with Gasteiger partial charge in [-0.15, -0.1) is 0 Å². The lowest BCUT2D eigenvalue weighted by molar-refractivity contribution is -0.139. The molecule has 0 radical (unpaired) electrons. The van der Waals surface area contributed by atoms with Gasteiger partial charge in [-0.25, -0.2) is 29.5 Å². The van der Waals surface area contributed by atoms with Gasteiger partial charge in [-0.05, 0) is 39.0 Å². The predicted octanol–water partition coefficient (Wildman–Crippen LogP) is 4.17. The van der Waals surface area contributed by atoms with Crippen molar-refractivity contribution in [3.63, 3.8) is 0 Å². The van der Waals surface area contributed by atoms with Gasteiger partial charge in [0, 0.05) is 23.4 Å². The molecule has 0 aliphatic heterocycles. The van der Waals surface area contributed by atoms with Crippen molar-refractivity contribution in [2.45, 2.75) is 38.8 Å². The van der Waals surface area contributed by atoms with E-state index in [0.717, 1.165) is 0 Å². The number of carboxylic acids is 1. The number of aromatic nitrogens is 4. The molecular formula is C29H31N7O7. The van der Waals surface area contributed by atoms with E-state index in [0.29, 0.717) is 39.5 Å². The summed E-state index contributed by atoms with van der Waals surface area (Å²) in [7, 11) is 1.46. The van der Waals surface area contributed by atoms with Gasteiger partial charge in [0.1, 0.15) is 23.8 Å². The number of ether oxygens (including phenoxy) is 3. The van der Waals surface area contributed by atoms with Crippen LogP contribution in [-0.2, 0) is 9.53 Å². The fourth-order valence-corrected chi connectivity index (χ4v) is 3.79. The van der Waals surface area contributed by atoms with Gasteiger partial charge in [-0.2, -0.15) is 0 Å². The van der Waals surface area contributed by atoms with Crippen molar-refractivity contribution in [3.05, 3.63) is 66.7 Å². The maximum atomic E-state index is 12.3. The molecule has 4 rings (SSSR count). The highest BCUT2D eigenvalue weighted by molar-refractivity contribution is 6.03. The van der Waals surface area contributed by atoms with Crippen LogP contribution in [0.2, 0.25) is 0 Å². The summed E-state index contributed by atoms with van der Waals surface area (Å²) in [6, 6.07) is 10.8. The molecule has 14 heteroatoms. The van der Waals surface area contributed by atoms with Crippen molar-refractivity contribution in [3.8, 4) is 11.5 Å². The molecule has 1 atom stereocenters. The number of fused-ring (bicyclic) bond motifs is 1. The number of methoxy groups -OCH3 is 1. The number of carboxylic acid groups (broad SMARTS) is 1. The zero-order chi connectivity index (χ0) is 31.0. The smallest absolute Gasteiger partial charge is 0.408 e. The lowest BCUT2D eigenvalue weighted by Crippen LogP contribution is -2.44. The number of amides is 2. The Morgan fingerprint density at radius 2 is 1.70 bits per heavy atom. The molecule has 0 spiro atoms. The predicted molar refractivity (Wildman–Crippen MR) is 157 cm³/mol. The first-order chi connectivity index (χ1) is 20.5. The van der Waals surface area contributed by atoms with Crippen molar-refractivity contribution in [1.82, 2.24) is 25.3 Å². The number of carbonyl (C=O) groups excluding carboxylic acids is 2. The number of nitrogens with zero attached hydrogens (tertiary/aromatic N) is 4. The fourth-order valence-electron chi connectivity index (χ4n) is 3.79. The van der Waals surface area contributed by atoms with Gasteiger partial charge >= 0.3 is 12.1 Å². The van der Waals surface area contributed by atoms with Gasteiger partial charge in [0.15, 0.2) is 11.5 Å². The maximum absolute atomic E-state index is 12.3. The van der Waals surface area contributed by atoms with E-state index >= 15 is 0 Å². The van der Waals surface area contributed by atoms with Crippen LogP contribution in [0.4, 0.5) is 22.2 Å². The largest absolute Gasteiger partial charge is 0.493 e. The topological polar surface area (TPSA) is 187 Å². The highest BCUT2D eigenvalue weighted by Crippen LogP contribution is 2.34. The number of anilines is 3. The van der Waals surface area contributed by atoms with Crippen LogP contribution in [0.5, 0.6) is 11.5 Å². The van der Waals surface area contributed by atoms with E-state index in [1.807, 2.05) is 6.07 Å². The van der Waals surface area contributed by atoms with Crippen LogP contribution in [0.1, 0.15) is 37.6 Å². The summed E-state index contributed by atoms with van der Waals surface area (Å²) >= 11 is 0. The van der Waals surface area contributed by atoms with Crippen LogP contribution >= 0.6 is 0 Å². The first-order valence-corrected chi connectivity index (χ1v) is 13.2. The van der Waals surface area contributed by atoms with E-state index in [-0.39, 0.29) is 24.9 Å². The van der Waals surface area contributed by atoms with Crippen LogP contribution in [0, 0.1) is 0 Å². The van der Waals surface area contributed by atoms with E-state index in [2.05, 4.69) is 35.9 Å². The first kappa shape index (κ1) is 30.4. The van der Waals surface area contributed by atoms with E-state index < -0.39 is 23.7 Å². The lowest BCUT2D eigenvalue weighted by Gasteiger charge is -2.22. The van der Waals surface area contributed by atoms with Gasteiger partial charge in [0.25, 0.3) is 5.91 Å². The summed E-state index contributed by atoms with van der Waals surface area (Å²) in [5, 5.41) is 18.2. The quantitative estimate of drug-likeness (QED) is 0.196. The zero-order valence-corrected chi connectivity index (χ0v) is 24.0. The molecule has 0 aliphatic rings. The third kappa shape index (κ3) is 8.48. The summed E-state index contributed by atoms with van der Waals surface area (Å²) in [6.07, 6.45) is 3.49. The Labute approximate surface area is 246 Å². The molecule has 2 heterocycles.